The lowest BCUT2D eigenvalue weighted by Crippen LogP contribution is -2.41. The molecule has 1 aromatic rings. The van der Waals surface area contributed by atoms with Gasteiger partial charge in [0.15, 0.2) is 5.96 Å². The highest BCUT2D eigenvalue weighted by Crippen LogP contribution is 2.19. The molecule has 0 spiro atoms. The predicted molar refractivity (Wildman–Crippen MR) is 115 cm³/mol. The molecule has 0 atom stereocenters. The first-order chi connectivity index (χ1) is 11.6. The lowest BCUT2D eigenvalue weighted by Gasteiger charge is -2.15. The Labute approximate surface area is 171 Å². The van der Waals surface area contributed by atoms with Crippen LogP contribution in [0.2, 0.25) is 0 Å². The molecule has 1 aliphatic rings. The average Bonchev–Trinajstić information content (AvgIpc) is 3.13. The van der Waals surface area contributed by atoms with E-state index in [2.05, 4.69) is 26.4 Å². The van der Waals surface area contributed by atoms with Gasteiger partial charge in [-0.3, -0.25) is 4.99 Å². The fourth-order valence-electron chi connectivity index (χ4n) is 2.55. The molecule has 1 aliphatic carbocycles. The molecule has 3 N–H and O–H groups in total. The Morgan fingerprint density at radius 3 is 2.68 bits per heavy atom. The second kappa shape index (κ2) is 11.9. The quantitative estimate of drug-likeness (QED) is 0.169. The molecule has 0 amide bonds. The number of allylic oxidation sites excluding steroid dienone is 1. The van der Waals surface area contributed by atoms with Crippen molar-refractivity contribution >= 4 is 51.3 Å². The first-order valence-electron chi connectivity index (χ1n) is 8.27. The fourth-order valence-corrected chi connectivity index (χ4v) is 4.62. The molecular formula is C16H27IN4O2S2. The Kier molecular flexibility index (Phi) is 10.6. The van der Waals surface area contributed by atoms with Gasteiger partial charge in [0.05, 0.1) is 0 Å². The molecule has 142 valence electrons. The first kappa shape index (κ1) is 22.4. The van der Waals surface area contributed by atoms with Gasteiger partial charge >= 0.3 is 0 Å². The number of thiophene rings is 1. The summed E-state index contributed by atoms with van der Waals surface area (Å²) in [6.07, 6.45) is 8.39. The van der Waals surface area contributed by atoms with Crippen molar-refractivity contribution < 1.29 is 8.42 Å². The molecule has 0 aliphatic heterocycles. The predicted octanol–water partition coefficient (Wildman–Crippen LogP) is 2.70. The van der Waals surface area contributed by atoms with Crippen molar-refractivity contribution in [3.05, 3.63) is 29.2 Å². The van der Waals surface area contributed by atoms with E-state index < -0.39 is 10.0 Å². The van der Waals surface area contributed by atoms with E-state index in [1.165, 1.54) is 42.6 Å². The van der Waals surface area contributed by atoms with Crippen molar-refractivity contribution in [3.63, 3.8) is 0 Å². The highest BCUT2D eigenvalue weighted by molar-refractivity contribution is 14.0. The summed E-state index contributed by atoms with van der Waals surface area (Å²) in [6, 6.07) is 3.33. The summed E-state index contributed by atoms with van der Waals surface area (Å²) in [6.45, 7) is 1.63. The van der Waals surface area contributed by atoms with Crippen molar-refractivity contribution in [1.29, 1.82) is 0 Å². The van der Waals surface area contributed by atoms with Crippen LogP contribution in [0.15, 0.2) is 38.4 Å². The Morgan fingerprint density at radius 1 is 1.24 bits per heavy atom. The third-order valence-corrected chi connectivity index (χ3v) is 6.68. The summed E-state index contributed by atoms with van der Waals surface area (Å²) in [7, 11) is -1.68. The van der Waals surface area contributed by atoms with Crippen molar-refractivity contribution in [2.45, 2.75) is 36.3 Å². The maximum Gasteiger partial charge on any atom is 0.250 e. The molecule has 0 bridgehead atoms. The summed E-state index contributed by atoms with van der Waals surface area (Å²) in [4.78, 5) is 4.15. The number of sulfonamides is 1. The third-order valence-electron chi connectivity index (χ3n) is 3.82. The summed E-state index contributed by atoms with van der Waals surface area (Å²) >= 11 is 1.21. The van der Waals surface area contributed by atoms with Crippen molar-refractivity contribution in [2.75, 3.05) is 26.7 Å². The van der Waals surface area contributed by atoms with E-state index in [9.17, 15) is 8.42 Å². The van der Waals surface area contributed by atoms with E-state index >= 15 is 0 Å². The summed E-state index contributed by atoms with van der Waals surface area (Å²) in [5.74, 6) is 0.696. The number of nitrogens with zero attached hydrogens (tertiary/aromatic N) is 1. The lowest BCUT2D eigenvalue weighted by atomic mass is 9.97. The summed E-state index contributed by atoms with van der Waals surface area (Å²) in [5.41, 5.74) is 1.52. The van der Waals surface area contributed by atoms with Gasteiger partial charge in [0, 0.05) is 26.7 Å². The second-order valence-corrected chi connectivity index (χ2v) is 8.56. The van der Waals surface area contributed by atoms with Gasteiger partial charge in [0.2, 0.25) is 10.0 Å². The van der Waals surface area contributed by atoms with E-state index in [0.29, 0.717) is 23.3 Å². The van der Waals surface area contributed by atoms with E-state index in [0.717, 1.165) is 13.0 Å². The molecule has 0 saturated heterocycles. The first-order valence-corrected chi connectivity index (χ1v) is 10.6. The summed E-state index contributed by atoms with van der Waals surface area (Å²) in [5, 5.41) is 8.14. The standard InChI is InChI=1S/C16H26N4O2S2.HI/c1-17-16(18-10-9-14-6-3-2-4-7-14)19-11-12-20-24(21,22)15-8-5-13-23-15;/h5-6,8,13,20H,2-4,7,9-12H2,1H3,(H2,17,18,19);1H. The molecule has 9 heteroatoms. The smallest absolute Gasteiger partial charge is 0.250 e. The Hall–Kier alpha value is -0.650. The van der Waals surface area contributed by atoms with Gasteiger partial charge in [-0.2, -0.15) is 0 Å². The number of aliphatic imine (C=N–C) groups is 1. The van der Waals surface area contributed by atoms with Gasteiger partial charge in [0.1, 0.15) is 4.21 Å². The number of rotatable bonds is 8. The largest absolute Gasteiger partial charge is 0.356 e. The Bertz CT molecular complexity index is 658. The Morgan fingerprint density at radius 2 is 2.04 bits per heavy atom. The molecule has 0 fully saturated rings. The van der Waals surface area contributed by atoms with Crippen LogP contribution in [0.25, 0.3) is 0 Å². The minimum absolute atomic E-state index is 0. The number of halogens is 1. The van der Waals surface area contributed by atoms with Crippen LogP contribution in [-0.2, 0) is 10.0 Å². The lowest BCUT2D eigenvalue weighted by molar-refractivity contribution is 0.582. The SMILES string of the molecule is CN=C(NCCNS(=O)(=O)c1cccs1)NCCC1=CCCCC1.I. The molecule has 0 unspecified atom stereocenters. The van der Waals surface area contributed by atoms with Crippen LogP contribution in [-0.4, -0.2) is 41.1 Å². The van der Waals surface area contributed by atoms with Gasteiger partial charge < -0.3 is 10.6 Å². The highest BCUT2D eigenvalue weighted by atomic mass is 127. The van der Waals surface area contributed by atoms with Crippen molar-refractivity contribution in [2.24, 2.45) is 4.99 Å². The third kappa shape index (κ3) is 8.06. The number of guanidine groups is 1. The van der Waals surface area contributed by atoms with Crippen molar-refractivity contribution in [3.8, 4) is 0 Å². The van der Waals surface area contributed by atoms with Crippen LogP contribution < -0.4 is 15.4 Å². The number of hydrogen-bond acceptors (Lipinski definition) is 4. The van der Waals surface area contributed by atoms with Gasteiger partial charge in [0.25, 0.3) is 0 Å². The normalized spacial score (nSPS) is 15.2. The zero-order valence-corrected chi connectivity index (χ0v) is 18.4. The van der Waals surface area contributed by atoms with Crippen LogP contribution in [0.3, 0.4) is 0 Å². The molecule has 0 radical (unpaired) electrons. The minimum atomic E-state index is -3.39. The second-order valence-electron chi connectivity index (χ2n) is 5.61. The molecule has 0 aromatic carbocycles. The van der Waals surface area contributed by atoms with Crippen LogP contribution >= 0.6 is 35.3 Å². The maximum atomic E-state index is 12.0. The monoisotopic (exact) mass is 498 g/mol. The van der Waals surface area contributed by atoms with Gasteiger partial charge in [-0.15, -0.1) is 35.3 Å². The molecule has 1 aromatic heterocycles. The molecule has 25 heavy (non-hydrogen) atoms. The molecule has 0 saturated carbocycles. The topological polar surface area (TPSA) is 82.6 Å². The minimum Gasteiger partial charge on any atom is -0.356 e. The zero-order chi connectivity index (χ0) is 17.3. The molecule has 2 rings (SSSR count). The van der Waals surface area contributed by atoms with E-state index in [-0.39, 0.29) is 24.0 Å². The van der Waals surface area contributed by atoms with Crippen LogP contribution in [0, 0.1) is 0 Å². The Balaban J connectivity index is 0.00000312. The molecule has 6 nitrogen and oxygen atoms in total. The van der Waals surface area contributed by atoms with Gasteiger partial charge in [-0.1, -0.05) is 17.7 Å². The average molecular weight is 498 g/mol. The van der Waals surface area contributed by atoms with E-state index in [1.807, 2.05) is 0 Å². The maximum absolute atomic E-state index is 12.0. The zero-order valence-electron chi connectivity index (χ0n) is 14.5. The van der Waals surface area contributed by atoms with Crippen molar-refractivity contribution in [1.82, 2.24) is 15.4 Å². The highest BCUT2D eigenvalue weighted by Gasteiger charge is 2.13. The van der Waals surface area contributed by atoms with Gasteiger partial charge in [-0.25, -0.2) is 13.1 Å². The molecular weight excluding hydrogens is 471 g/mol. The van der Waals surface area contributed by atoms with E-state index in [1.54, 1.807) is 24.6 Å². The van der Waals surface area contributed by atoms with Crippen LogP contribution in [0.4, 0.5) is 0 Å². The van der Waals surface area contributed by atoms with Gasteiger partial charge in [-0.05, 0) is 43.6 Å². The summed E-state index contributed by atoms with van der Waals surface area (Å²) < 4.78 is 26.9. The van der Waals surface area contributed by atoms with E-state index in [4.69, 9.17) is 0 Å². The van der Waals surface area contributed by atoms with Crippen LogP contribution in [0.5, 0.6) is 0 Å². The van der Waals surface area contributed by atoms with Crippen LogP contribution in [0.1, 0.15) is 32.1 Å². The molecule has 1 heterocycles. The number of hydrogen-bond donors (Lipinski definition) is 3. The fraction of sp³-hybridized carbons (Fsp3) is 0.562. The number of nitrogens with one attached hydrogen (secondary N) is 3.